The molecule has 3 heterocycles. The average Bonchev–Trinajstić information content (AvgIpc) is 3.28. The molecule has 5 rings (SSSR count). The molecule has 1 amide bonds. The van der Waals surface area contributed by atoms with E-state index in [1.165, 1.54) is 30.6 Å². The van der Waals surface area contributed by atoms with E-state index < -0.39 is 17.6 Å². The number of ether oxygens (including phenoxy) is 1. The Balaban J connectivity index is 1.36. The van der Waals surface area contributed by atoms with Crippen molar-refractivity contribution in [3.05, 3.63) is 70.6 Å². The lowest BCUT2D eigenvalue weighted by atomic mass is 10.0. The summed E-state index contributed by atoms with van der Waals surface area (Å²) < 4.78 is 49.3. The number of aryl methyl sites for hydroxylation is 1. The van der Waals surface area contributed by atoms with Crippen molar-refractivity contribution >= 4 is 34.2 Å². The van der Waals surface area contributed by atoms with Crippen molar-refractivity contribution in [2.24, 2.45) is 7.05 Å². The molecule has 0 bridgehead atoms. The number of aromatic nitrogens is 4. The molecule has 0 saturated carbocycles. The minimum atomic E-state index is -4.58. The number of amides is 1. The van der Waals surface area contributed by atoms with E-state index in [-0.39, 0.29) is 40.0 Å². The van der Waals surface area contributed by atoms with Gasteiger partial charge in [0, 0.05) is 51.7 Å². The molecule has 1 aliphatic rings. The quantitative estimate of drug-likeness (QED) is 0.362. The minimum Gasteiger partial charge on any atom is -0.438 e. The van der Waals surface area contributed by atoms with Crippen LogP contribution in [-0.2, 0) is 19.8 Å². The van der Waals surface area contributed by atoms with E-state index in [9.17, 15) is 18.0 Å². The van der Waals surface area contributed by atoms with Crippen molar-refractivity contribution in [2.45, 2.75) is 12.7 Å². The van der Waals surface area contributed by atoms with Gasteiger partial charge in [0.05, 0.1) is 16.1 Å². The first-order valence-corrected chi connectivity index (χ1v) is 12.5. The predicted molar refractivity (Wildman–Crippen MR) is 140 cm³/mol. The molecule has 204 valence electrons. The van der Waals surface area contributed by atoms with Gasteiger partial charge in [-0.3, -0.25) is 14.4 Å². The van der Waals surface area contributed by atoms with Crippen LogP contribution in [-0.4, -0.2) is 68.7 Å². The molecule has 1 saturated heterocycles. The molecular weight excluding hydrogens is 535 g/mol. The zero-order valence-electron chi connectivity index (χ0n) is 21.2. The minimum absolute atomic E-state index is 0.00436. The van der Waals surface area contributed by atoms with Crippen LogP contribution < -0.4 is 10.1 Å². The topological polar surface area (TPSA) is 88.4 Å². The number of rotatable bonds is 6. The van der Waals surface area contributed by atoms with Crippen molar-refractivity contribution in [2.75, 3.05) is 38.5 Å². The fourth-order valence-corrected chi connectivity index (χ4v) is 4.57. The van der Waals surface area contributed by atoms with Gasteiger partial charge in [-0.2, -0.15) is 18.3 Å². The van der Waals surface area contributed by atoms with Crippen LogP contribution in [0, 0.1) is 0 Å². The second kappa shape index (κ2) is 10.8. The highest BCUT2D eigenvalue weighted by Gasteiger charge is 2.34. The molecular formula is C26H25ClF3N7O2. The summed E-state index contributed by atoms with van der Waals surface area (Å²) in [6, 6.07) is 8.25. The zero-order valence-corrected chi connectivity index (χ0v) is 21.9. The van der Waals surface area contributed by atoms with Crippen LogP contribution in [0.1, 0.15) is 21.5 Å². The third kappa shape index (κ3) is 6.13. The fourth-order valence-electron chi connectivity index (χ4n) is 4.36. The van der Waals surface area contributed by atoms with E-state index >= 15 is 0 Å². The molecule has 0 aliphatic carbocycles. The molecule has 39 heavy (non-hydrogen) atoms. The van der Waals surface area contributed by atoms with Crippen LogP contribution in [0.25, 0.3) is 11.0 Å². The molecule has 2 aromatic carbocycles. The molecule has 1 fully saturated rings. The summed E-state index contributed by atoms with van der Waals surface area (Å²) in [4.78, 5) is 25.4. The highest BCUT2D eigenvalue weighted by molar-refractivity contribution is 6.34. The summed E-state index contributed by atoms with van der Waals surface area (Å²) >= 11 is 6.26. The van der Waals surface area contributed by atoms with Crippen molar-refractivity contribution in [3.8, 4) is 11.6 Å². The number of carbonyl (C=O) groups is 1. The number of hydrogen-bond acceptors (Lipinski definition) is 7. The first-order chi connectivity index (χ1) is 18.6. The lowest BCUT2D eigenvalue weighted by Crippen LogP contribution is -2.44. The van der Waals surface area contributed by atoms with Crippen LogP contribution in [0.5, 0.6) is 11.6 Å². The largest absolute Gasteiger partial charge is 0.438 e. The highest BCUT2D eigenvalue weighted by atomic mass is 35.5. The van der Waals surface area contributed by atoms with E-state index in [2.05, 4.69) is 25.3 Å². The number of fused-ring (bicyclic) bond motifs is 1. The molecule has 4 aromatic rings. The number of carbonyl (C=O) groups excluding carboxylic acids is 1. The van der Waals surface area contributed by atoms with E-state index in [1.54, 1.807) is 24.0 Å². The third-order valence-electron chi connectivity index (χ3n) is 6.45. The molecule has 1 N–H and O–H groups in total. The van der Waals surface area contributed by atoms with Gasteiger partial charge in [-0.05, 0) is 42.9 Å². The smallest absolute Gasteiger partial charge is 0.416 e. The monoisotopic (exact) mass is 559 g/mol. The van der Waals surface area contributed by atoms with Gasteiger partial charge in [0.1, 0.15) is 17.5 Å². The lowest BCUT2D eigenvalue weighted by molar-refractivity contribution is -0.138. The molecule has 2 aromatic heterocycles. The number of piperazine rings is 1. The molecule has 13 heteroatoms. The van der Waals surface area contributed by atoms with Crippen LogP contribution in [0.2, 0.25) is 5.02 Å². The van der Waals surface area contributed by atoms with E-state index in [4.69, 9.17) is 16.3 Å². The van der Waals surface area contributed by atoms with Gasteiger partial charge in [-0.25, -0.2) is 9.97 Å². The summed E-state index contributed by atoms with van der Waals surface area (Å²) in [6.45, 7) is 3.14. The summed E-state index contributed by atoms with van der Waals surface area (Å²) in [6.07, 6.45) is -1.58. The Morgan fingerprint density at radius 3 is 2.59 bits per heavy atom. The van der Waals surface area contributed by atoms with Crippen molar-refractivity contribution in [3.63, 3.8) is 0 Å². The Labute approximate surface area is 227 Å². The Bertz CT molecular complexity index is 1520. The fraction of sp³-hybridized carbons (Fsp3) is 0.308. The standard InChI is InChI=1S/C26H25ClF3N7O2/c1-35-7-9-37(10-8-35)13-16-3-4-17(11-21(16)26(28,29)30)33-24(38)19-12-18(5-6-22(19)27)39-25-20-14-36(2)34-23(20)31-15-32-25/h3-6,11-12,14-15H,7-10,13H2,1-2H3,(H,33,38). The van der Waals surface area contributed by atoms with Crippen molar-refractivity contribution in [1.82, 2.24) is 29.5 Å². The third-order valence-corrected chi connectivity index (χ3v) is 6.78. The van der Waals surface area contributed by atoms with Crippen LogP contribution >= 0.6 is 11.6 Å². The summed E-state index contributed by atoms with van der Waals surface area (Å²) in [5.41, 5.74) is -0.159. The number of nitrogens with one attached hydrogen (secondary N) is 1. The molecule has 1 aliphatic heterocycles. The first-order valence-electron chi connectivity index (χ1n) is 12.1. The maximum Gasteiger partial charge on any atom is 0.416 e. The summed E-state index contributed by atoms with van der Waals surface area (Å²) in [7, 11) is 3.72. The lowest BCUT2D eigenvalue weighted by Gasteiger charge is -2.33. The maximum atomic E-state index is 13.9. The molecule has 0 spiro atoms. The van der Waals surface area contributed by atoms with Gasteiger partial charge >= 0.3 is 6.18 Å². The van der Waals surface area contributed by atoms with Gasteiger partial charge in [-0.15, -0.1) is 0 Å². The van der Waals surface area contributed by atoms with Gasteiger partial charge in [0.2, 0.25) is 5.88 Å². The molecule has 0 atom stereocenters. The van der Waals surface area contributed by atoms with Crippen LogP contribution in [0.3, 0.4) is 0 Å². The number of benzene rings is 2. The zero-order chi connectivity index (χ0) is 27.7. The number of anilines is 1. The molecule has 9 nitrogen and oxygen atoms in total. The number of likely N-dealkylation sites (N-methyl/N-ethyl adjacent to an activating group) is 1. The van der Waals surface area contributed by atoms with Crippen molar-refractivity contribution in [1.29, 1.82) is 0 Å². The Morgan fingerprint density at radius 1 is 1.08 bits per heavy atom. The van der Waals surface area contributed by atoms with Gasteiger partial charge in [0.25, 0.3) is 5.91 Å². The summed E-state index contributed by atoms with van der Waals surface area (Å²) in [5, 5.41) is 7.41. The van der Waals surface area contributed by atoms with E-state index in [0.29, 0.717) is 24.1 Å². The second-order valence-electron chi connectivity index (χ2n) is 9.37. The normalized spacial score (nSPS) is 15.0. The Morgan fingerprint density at radius 2 is 1.85 bits per heavy atom. The number of hydrogen-bond donors (Lipinski definition) is 1. The van der Waals surface area contributed by atoms with Gasteiger partial charge in [0.15, 0.2) is 5.65 Å². The maximum absolute atomic E-state index is 13.9. The van der Waals surface area contributed by atoms with Crippen LogP contribution in [0.15, 0.2) is 48.9 Å². The Hall–Kier alpha value is -3.74. The number of alkyl halides is 3. The highest BCUT2D eigenvalue weighted by Crippen LogP contribution is 2.35. The summed E-state index contributed by atoms with van der Waals surface area (Å²) in [5.74, 6) is -0.195. The van der Waals surface area contributed by atoms with Crippen LogP contribution in [0.4, 0.5) is 18.9 Å². The Kier molecular flexibility index (Phi) is 7.43. The SMILES string of the molecule is CN1CCN(Cc2ccc(NC(=O)c3cc(Oc4ncnc5nn(C)cc45)ccc3Cl)cc2C(F)(F)F)CC1. The van der Waals surface area contributed by atoms with E-state index in [1.807, 2.05) is 11.9 Å². The molecule has 0 radical (unpaired) electrons. The van der Waals surface area contributed by atoms with Crippen molar-refractivity contribution < 1.29 is 22.7 Å². The number of halogens is 4. The second-order valence-corrected chi connectivity index (χ2v) is 9.77. The molecule has 0 unspecified atom stereocenters. The number of nitrogens with zero attached hydrogens (tertiary/aromatic N) is 6. The average molecular weight is 560 g/mol. The van der Waals surface area contributed by atoms with Gasteiger partial charge < -0.3 is 15.0 Å². The first kappa shape index (κ1) is 26.9. The van der Waals surface area contributed by atoms with E-state index in [0.717, 1.165) is 19.2 Å². The van der Waals surface area contributed by atoms with Gasteiger partial charge in [-0.1, -0.05) is 17.7 Å². The predicted octanol–water partition coefficient (Wildman–Crippen LogP) is 4.83.